The quantitative estimate of drug-likeness (QED) is 0.551. The van der Waals surface area contributed by atoms with Gasteiger partial charge in [-0.25, -0.2) is 0 Å². The van der Waals surface area contributed by atoms with Crippen LogP contribution in [-0.4, -0.2) is 35.4 Å². The molecule has 0 aromatic heterocycles. The molecule has 6 heteroatoms. The Labute approximate surface area is 176 Å². The van der Waals surface area contributed by atoms with Gasteiger partial charge in [-0.2, -0.15) is 0 Å². The van der Waals surface area contributed by atoms with E-state index >= 15 is 0 Å². The molecule has 2 aromatic rings. The maximum Gasteiger partial charge on any atom is 0.208 e. The summed E-state index contributed by atoms with van der Waals surface area (Å²) in [5.74, 6) is 0.0306. The highest BCUT2D eigenvalue weighted by atomic mass is 35.5. The predicted octanol–water partition coefficient (Wildman–Crippen LogP) is 4.66. The molecule has 0 spiro atoms. The van der Waals surface area contributed by atoms with Gasteiger partial charge in [0.1, 0.15) is 0 Å². The summed E-state index contributed by atoms with van der Waals surface area (Å²) in [6.45, 7) is 2.19. The number of carbonyl (C=O) groups excluding carboxylic acids is 1. The molecule has 146 valence electrons. The number of nitrogens with zero attached hydrogens (tertiary/aromatic N) is 1. The average molecular weight is 414 g/mol. The van der Waals surface area contributed by atoms with E-state index in [0.29, 0.717) is 15.7 Å². The summed E-state index contributed by atoms with van der Waals surface area (Å²) in [7, 11) is 3.78. The fourth-order valence-electron chi connectivity index (χ4n) is 3.41. The van der Waals surface area contributed by atoms with Crippen LogP contribution in [0, 0.1) is 0 Å². The van der Waals surface area contributed by atoms with E-state index in [2.05, 4.69) is 34.6 Å². The monoisotopic (exact) mass is 413 g/mol. The van der Waals surface area contributed by atoms with Crippen LogP contribution in [0.3, 0.4) is 0 Å². The van der Waals surface area contributed by atoms with Gasteiger partial charge < -0.3 is 15.5 Å². The van der Waals surface area contributed by atoms with Crippen molar-refractivity contribution in [1.82, 2.24) is 10.2 Å². The lowest BCUT2D eigenvalue weighted by atomic mass is 9.90. The Balaban J connectivity index is 1.69. The Morgan fingerprint density at radius 1 is 1.18 bits per heavy atom. The largest absolute Gasteiger partial charge is 0.366 e. The molecule has 1 atom stereocenters. The molecule has 0 amide bonds. The third kappa shape index (κ3) is 4.37. The third-order valence-electron chi connectivity index (χ3n) is 5.27. The van der Waals surface area contributed by atoms with Crippen LogP contribution in [0.1, 0.15) is 29.3 Å². The molecule has 0 fully saturated rings. The van der Waals surface area contributed by atoms with E-state index in [-0.39, 0.29) is 11.3 Å². The lowest BCUT2D eigenvalue weighted by Crippen LogP contribution is -2.42. The number of likely N-dealkylation sites (N-methyl/N-ethyl adjacent to an activating group) is 1. The van der Waals surface area contributed by atoms with Gasteiger partial charge >= 0.3 is 0 Å². The Morgan fingerprint density at radius 2 is 1.82 bits per heavy atom. The van der Waals surface area contributed by atoms with Crippen molar-refractivity contribution < 1.29 is 4.79 Å². The van der Waals surface area contributed by atoms with Crippen molar-refractivity contribution in [3.63, 3.8) is 0 Å². The van der Waals surface area contributed by atoms with Gasteiger partial charge in [0.15, 0.2) is 5.11 Å². The van der Waals surface area contributed by atoms with Gasteiger partial charge in [-0.15, -0.1) is 0 Å². The second-order valence-electron chi connectivity index (χ2n) is 7.26. The Bertz CT molecular complexity index is 908. The molecule has 1 aliphatic rings. The van der Waals surface area contributed by atoms with Gasteiger partial charge in [0.05, 0.1) is 5.70 Å². The molecule has 3 rings (SSSR count). The molecule has 0 radical (unpaired) electrons. The van der Waals surface area contributed by atoms with E-state index in [4.69, 9.17) is 23.8 Å². The molecule has 0 aliphatic carbocycles. The number of hydrogen-bond donors (Lipinski definition) is 2. The van der Waals surface area contributed by atoms with E-state index in [1.807, 2.05) is 25.3 Å². The molecule has 0 saturated heterocycles. The molecule has 4 nitrogen and oxygen atoms in total. The van der Waals surface area contributed by atoms with Crippen LogP contribution in [0.15, 0.2) is 60.3 Å². The first-order valence-electron chi connectivity index (χ1n) is 9.14. The van der Waals surface area contributed by atoms with E-state index in [1.54, 1.807) is 31.3 Å². The lowest BCUT2D eigenvalue weighted by molar-refractivity contribution is 0.0967. The van der Waals surface area contributed by atoms with Crippen LogP contribution >= 0.6 is 23.8 Å². The van der Waals surface area contributed by atoms with Crippen LogP contribution in [0.4, 0.5) is 5.69 Å². The molecular weight excluding hydrogens is 390 g/mol. The van der Waals surface area contributed by atoms with Gasteiger partial charge in [-0.1, -0.05) is 29.8 Å². The highest BCUT2D eigenvalue weighted by Gasteiger charge is 2.37. The topological polar surface area (TPSA) is 44.4 Å². The summed E-state index contributed by atoms with van der Waals surface area (Å²) < 4.78 is 0. The number of halogens is 1. The molecule has 1 unspecified atom stereocenters. The van der Waals surface area contributed by atoms with E-state index < -0.39 is 0 Å². The average Bonchev–Trinajstić information content (AvgIpc) is 2.98. The van der Waals surface area contributed by atoms with Crippen molar-refractivity contribution in [2.75, 3.05) is 19.4 Å². The van der Waals surface area contributed by atoms with Crippen LogP contribution in [0.25, 0.3) is 0 Å². The number of allylic oxidation sites excluding steroid dienone is 1. The number of Topliss-reactive ketones (excluding diaryl/α,β-unsaturated/α-hetero) is 1. The van der Waals surface area contributed by atoms with Crippen molar-refractivity contribution in [2.24, 2.45) is 0 Å². The second kappa shape index (κ2) is 8.33. The zero-order valence-electron chi connectivity index (χ0n) is 16.3. The molecule has 0 saturated carbocycles. The van der Waals surface area contributed by atoms with Crippen LogP contribution in [-0.2, 0) is 6.42 Å². The Kier molecular flexibility index (Phi) is 6.06. The van der Waals surface area contributed by atoms with Crippen molar-refractivity contribution >= 4 is 40.4 Å². The molecule has 1 heterocycles. The number of rotatable bonds is 5. The zero-order valence-corrected chi connectivity index (χ0v) is 17.8. The molecular formula is C22H24ClN3OS. The molecule has 28 heavy (non-hydrogen) atoms. The second-order valence-corrected chi connectivity index (χ2v) is 8.11. The zero-order chi connectivity index (χ0) is 20.3. The highest BCUT2D eigenvalue weighted by molar-refractivity contribution is 7.80. The first-order chi connectivity index (χ1) is 13.3. The summed E-state index contributed by atoms with van der Waals surface area (Å²) in [6, 6.07) is 15.3. The number of hydrogen-bond acceptors (Lipinski definition) is 3. The maximum absolute atomic E-state index is 12.9. The SMILES string of the molecule is CNC(=S)Nc1ccc(CC2(C)CC=C(C(=O)c3ccc(Cl)cc3)N2C)cc1. The van der Waals surface area contributed by atoms with Crippen LogP contribution in [0.2, 0.25) is 5.02 Å². The minimum absolute atomic E-state index is 0.0306. The fraction of sp³-hybridized carbons (Fsp3) is 0.273. The summed E-state index contributed by atoms with van der Waals surface area (Å²) in [5.41, 5.74) is 3.41. The molecule has 0 bridgehead atoms. The summed E-state index contributed by atoms with van der Waals surface area (Å²) in [6.07, 6.45) is 3.70. The number of thiocarbonyl (C=S) groups is 1. The van der Waals surface area contributed by atoms with Crippen molar-refractivity contribution in [1.29, 1.82) is 0 Å². The van der Waals surface area contributed by atoms with Crippen molar-refractivity contribution in [2.45, 2.75) is 25.3 Å². The van der Waals surface area contributed by atoms with E-state index in [0.717, 1.165) is 24.2 Å². The Morgan fingerprint density at radius 3 is 2.43 bits per heavy atom. The van der Waals surface area contributed by atoms with Crippen molar-refractivity contribution in [3.8, 4) is 0 Å². The molecule has 2 N–H and O–H groups in total. The number of nitrogens with one attached hydrogen (secondary N) is 2. The standard InChI is InChI=1S/C22H24ClN3OS/c1-22(14-15-4-10-18(11-5-15)25-21(28)24-2)13-12-19(26(22)3)20(27)16-6-8-17(23)9-7-16/h4-12H,13-14H2,1-3H3,(H2,24,25,28). The van der Waals surface area contributed by atoms with Gasteiger partial charge in [-0.05, 0) is 73.9 Å². The first-order valence-corrected chi connectivity index (χ1v) is 9.93. The minimum Gasteiger partial charge on any atom is -0.366 e. The normalized spacial score (nSPS) is 18.6. The number of benzene rings is 2. The van der Waals surface area contributed by atoms with E-state index in [9.17, 15) is 4.79 Å². The molecule has 2 aromatic carbocycles. The summed E-state index contributed by atoms with van der Waals surface area (Å²) in [4.78, 5) is 15.0. The van der Waals surface area contributed by atoms with E-state index in [1.165, 1.54) is 5.56 Å². The smallest absolute Gasteiger partial charge is 0.208 e. The highest BCUT2D eigenvalue weighted by Crippen LogP contribution is 2.35. The summed E-state index contributed by atoms with van der Waals surface area (Å²) in [5, 5.41) is 7.23. The fourth-order valence-corrected chi connectivity index (χ4v) is 3.65. The number of carbonyl (C=O) groups is 1. The Hall–Kier alpha value is -2.37. The minimum atomic E-state index is -0.146. The van der Waals surface area contributed by atoms with Crippen LogP contribution in [0.5, 0.6) is 0 Å². The van der Waals surface area contributed by atoms with Crippen LogP contribution < -0.4 is 10.6 Å². The van der Waals surface area contributed by atoms with Gasteiger partial charge in [-0.3, -0.25) is 4.79 Å². The third-order valence-corrected chi connectivity index (χ3v) is 5.83. The first kappa shape index (κ1) is 20.4. The van der Waals surface area contributed by atoms with Gasteiger partial charge in [0.25, 0.3) is 0 Å². The molecule has 1 aliphatic heterocycles. The van der Waals surface area contributed by atoms with Crippen molar-refractivity contribution in [3.05, 3.63) is 76.5 Å². The lowest BCUT2D eigenvalue weighted by Gasteiger charge is -2.36. The maximum atomic E-state index is 12.9. The predicted molar refractivity (Wildman–Crippen MR) is 120 cm³/mol. The number of ketones is 1. The summed E-state index contributed by atoms with van der Waals surface area (Å²) >= 11 is 11.1. The number of anilines is 1. The van der Waals surface area contributed by atoms with Gasteiger partial charge in [0.2, 0.25) is 5.78 Å². The van der Waals surface area contributed by atoms with Gasteiger partial charge in [0, 0.05) is 35.9 Å².